The third-order valence-electron chi connectivity index (χ3n) is 2.07. The van der Waals surface area contributed by atoms with Gasteiger partial charge in [-0.05, 0) is 32.3 Å². The van der Waals surface area contributed by atoms with Gasteiger partial charge in [-0.1, -0.05) is 6.04 Å². The molecule has 0 unspecified atom stereocenters. The second-order valence-electron chi connectivity index (χ2n) is 3.29. The van der Waals surface area contributed by atoms with Gasteiger partial charge < -0.3 is 4.74 Å². The van der Waals surface area contributed by atoms with Crippen LogP contribution in [-0.4, -0.2) is 22.0 Å². The number of pyridine rings is 1. The number of ether oxygens (including phenoxy) is 1. The van der Waals surface area contributed by atoms with Crippen molar-refractivity contribution < 1.29 is 16.4 Å². The minimum Gasteiger partial charge on any atom is -0.461 e. The van der Waals surface area contributed by atoms with E-state index in [0.717, 1.165) is 0 Å². The van der Waals surface area contributed by atoms with Crippen molar-refractivity contribution in [1.29, 1.82) is 0 Å². The molecule has 0 aliphatic carbocycles. The topological polar surface area (TPSA) is 43.6 Å². The predicted molar refractivity (Wildman–Crippen MR) is 60.6 cm³/mol. The van der Waals surface area contributed by atoms with Crippen LogP contribution in [0.5, 0.6) is 0 Å². The summed E-state index contributed by atoms with van der Waals surface area (Å²) in [6, 6.07) is -0.281. The van der Waals surface area contributed by atoms with E-state index < -0.39 is 18.5 Å². The number of imidazole rings is 1. The highest BCUT2D eigenvalue weighted by atomic mass is 16.5. The zero-order valence-electron chi connectivity index (χ0n) is 14.0. The monoisotopic (exact) mass is 223 g/mol. The number of hydrogen-bond donors (Lipinski definition) is 0. The third-order valence-corrected chi connectivity index (χ3v) is 2.07. The van der Waals surface area contributed by atoms with Gasteiger partial charge in [-0.15, -0.1) is 0 Å². The first kappa shape index (κ1) is 6.03. The highest BCUT2D eigenvalue weighted by molar-refractivity contribution is 5.90. The number of carbonyl (C=O) groups is 1. The minimum atomic E-state index is -2.61. The van der Waals surface area contributed by atoms with Gasteiger partial charge in [0.2, 0.25) is 0 Å². The molecule has 4 heteroatoms. The Labute approximate surface area is 101 Å². The van der Waals surface area contributed by atoms with Crippen molar-refractivity contribution in [3.05, 3.63) is 35.2 Å². The first-order chi connectivity index (χ1) is 9.68. The van der Waals surface area contributed by atoms with E-state index in [9.17, 15) is 4.79 Å². The molecule has 0 saturated heterocycles. The lowest BCUT2D eigenvalue weighted by Gasteiger charge is -2.03. The van der Waals surface area contributed by atoms with Gasteiger partial charge in [0.05, 0.1) is 15.0 Å². The standard InChI is InChI=1S/C12H14N2O2/c1-4-16-12(15)11-9(3)13-10-6-5-8(2)7-14(10)11/h5-7H,4H2,1-3H3/i3D3,5D,6D. The SMILES string of the molecule is [2H]c1c(C)cn2c(C(=O)OCC)c(C([2H])([2H])[2H])nc2c1[2H]. The number of hydrogen-bond acceptors (Lipinski definition) is 3. The van der Waals surface area contributed by atoms with Crippen molar-refractivity contribution in [2.24, 2.45) is 0 Å². The van der Waals surface area contributed by atoms with Gasteiger partial charge in [0.25, 0.3) is 0 Å². The molecule has 0 atom stereocenters. The Bertz CT molecular complexity index is 721. The minimum absolute atomic E-state index is 0.0419. The summed E-state index contributed by atoms with van der Waals surface area (Å²) in [5, 5.41) is 0. The quantitative estimate of drug-likeness (QED) is 0.732. The van der Waals surface area contributed by atoms with E-state index in [-0.39, 0.29) is 30.0 Å². The molecule has 0 amide bonds. The van der Waals surface area contributed by atoms with E-state index in [1.54, 1.807) is 13.8 Å². The van der Waals surface area contributed by atoms with Crippen molar-refractivity contribution in [2.45, 2.75) is 20.7 Å². The Hall–Kier alpha value is -1.84. The predicted octanol–water partition coefficient (Wildman–Crippen LogP) is 2.13. The fraction of sp³-hybridized carbons (Fsp3) is 0.333. The lowest BCUT2D eigenvalue weighted by molar-refractivity contribution is 0.0517. The molecule has 84 valence electrons. The number of aromatic nitrogens is 2. The van der Waals surface area contributed by atoms with Crippen molar-refractivity contribution in [1.82, 2.24) is 9.38 Å². The van der Waals surface area contributed by atoms with Crippen LogP contribution in [0.1, 0.15) is 35.5 Å². The highest BCUT2D eigenvalue weighted by Crippen LogP contribution is 2.14. The Kier molecular flexibility index (Phi) is 1.49. The zero-order valence-corrected chi connectivity index (χ0v) is 9.00. The Balaban J connectivity index is 2.87. The van der Waals surface area contributed by atoms with Gasteiger partial charge >= 0.3 is 5.97 Å². The van der Waals surface area contributed by atoms with Crippen LogP contribution < -0.4 is 0 Å². The highest BCUT2D eigenvalue weighted by Gasteiger charge is 2.17. The summed E-state index contributed by atoms with van der Waals surface area (Å²) in [4.78, 5) is 15.9. The summed E-state index contributed by atoms with van der Waals surface area (Å²) in [5.74, 6) is -0.812. The van der Waals surface area contributed by atoms with E-state index >= 15 is 0 Å². The van der Waals surface area contributed by atoms with Crippen LogP contribution in [0.4, 0.5) is 0 Å². The molecular weight excluding hydrogens is 204 g/mol. The fourth-order valence-corrected chi connectivity index (χ4v) is 1.42. The van der Waals surface area contributed by atoms with E-state index in [4.69, 9.17) is 11.6 Å². The van der Waals surface area contributed by atoms with Crippen molar-refractivity contribution in [3.63, 3.8) is 0 Å². The maximum Gasteiger partial charge on any atom is 0.357 e. The van der Waals surface area contributed by atoms with Crippen molar-refractivity contribution >= 4 is 11.6 Å². The van der Waals surface area contributed by atoms with Crippen molar-refractivity contribution in [3.8, 4) is 0 Å². The molecule has 2 rings (SSSR count). The van der Waals surface area contributed by atoms with Gasteiger partial charge in [-0.2, -0.15) is 0 Å². The zero-order chi connectivity index (χ0) is 15.9. The molecule has 2 heterocycles. The normalized spacial score (nSPS) is 16.0. The Morgan fingerprint density at radius 3 is 3.19 bits per heavy atom. The molecule has 0 fully saturated rings. The first-order valence-corrected chi connectivity index (χ1v) is 4.85. The van der Waals surface area contributed by atoms with Crippen LogP contribution >= 0.6 is 0 Å². The summed E-state index contributed by atoms with van der Waals surface area (Å²) in [6.45, 7) is 0.690. The molecule has 0 aromatic carbocycles. The largest absolute Gasteiger partial charge is 0.461 e. The summed E-state index contributed by atoms with van der Waals surface area (Å²) in [7, 11) is 0. The second-order valence-corrected chi connectivity index (χ2v) is 3.29. The van der Waals surface area contributed by atoms with Crippen LogP contribution in [0, 0.1) is 13.8 Å². The van der Waals surface area contributed by atoms with Crippen molar-refractivity contribution in [2.75, 3.05) is 6.61 Å². The van der Waals surface area contributed by atoms with Crippen LogP contribution in [0.15, 0.2) is 18.3 Å². The van der Waals surface area contributed by atoms with Gasteiger partial charge in [-0.3, -0.25) is 4.40 Å². The number of aryl methyl sites for hydroxylation is 2. The van der Waals surface area contributed by atoms with Gasteiger partial charge in [0.15, 0.2) is 5.69 Å². The summed E-state index contributed by atoms with van der Waals surface area (Å²) < 4.78 is 44.2. The molecule has 0 radical (unpaired) electrons. The molecule has 4 nitrogen and oxygen atoms in total. The molecule has 0 bridgehead atoms. The molecule has 0 saturated carbocycles. The lowest BCUT2D eigenvalue weighted by Crippen LogP contribution is -2.09. The molecule has 0 aliphatic heterocycles. The molecule has 2 aromatic rings. The van der Waals surface area contributed by atoms with Gasteiger partial charge in [-0.25, -0.2) is 9.78 Å². The molecule has 0 N–H and O–H groups in total. The fourth-order valence-electron chi connectivity index (χ4n) is 1.42. The van der Waals surface area contributed by atoms with E-state index in [1.165, 1.54) is 10.6 Å². The maximum absolute atomic E-state index is 12.1. The summed E-state index contributed by atoms with van der Waals surface area (Å²) >= 11 is 0. The first-order valence-electron chi connectivity index (χ1n) is 7.35. The molecule has 0 aliphatic rings. The lowest BCUT2D eigenvalue weighted by atomic mass is 10.3. The van der Waals surface area contributed by atoms with E-state index in [0.29, 0.717) is 5.56 Å². The average molecular weight is 223 g/mol. The van der Waals surface area contributed by atoms with Crippen LogP contribution in [-0.2, 0) is 4.74 Å². The Morgan fingerprint density at radius 1 is 1.69 bits per heavy atom. The maximum atomic E-state index is 12.1. The summed E-state index contributed by atoms with van der Waals surface area (Å²) in [6.07, 6.45) is 1.42. The third kappa shape index (κ3) is 1.66. The number of nitrogens with zero attached hydrogens (tertiary/aromatic N) is 2. The molecular formula is C12H14N2O2. The van der Waals surface area contributed by atoms with Gasteiger partial charge in [0, 0.05) is 10.3 Å². The van der Waals surface area contributed by atoms with Gasteiger partial charge in [0.1, 0.15) is 5.65 Å². The second kappa shape index (κ2) is 3.96. The van der Waals surface area contributed by atoms with Crippen LogP contribution in [0.2, 0.25) is 0 Å². The molecule has 2 aromatic heterocycles. The number of esters is 1. The number of fused-ring (bicyclic) bond motifs is 1. The van der Waals surface area contributed by atoms with Crippen LogP contribution in [0.3, 0.4) is 0 Å². The molecule has 0 spiro atoms. The van der Waals surface area contributed by atoms with Crippen LogP contribution in [0.25, 0.3) is 5.65 Å². The number of carbonyl (C=O) groups excluding carboxylic acids is 1. The molecule has 16 heavy (non-hydrogen) atoms. The summed E-state index contributed by atoms with van der Waals surface area (Å²) in [5.41, 5.74) is -0.241. The van der Waals surface area contributed by atoms with E-state index in [2.05, 4.69) is 4.98 Å². The van der Waals surface area contributed by atoms with E-state index in [1.807, 2.05) is 0 Å². The Morgan fingerprint density at radius 2 is 2.50 bits per heavy atom. The average Bonchev–Trinajstić information content (AvgIpc) is 2.75. The number of rotatable bonds is 2. The smallest absolute Gasteiger partial charge is 0.357 e.